The predicted octanol–water partition coefficient (Wildman–Crippen LogP) is 4.46. The van der Waals surface area contributed by atoms with E-state index in [-0.39, 0.29) is 24.0 Å². The van der Waals surface area contributed by atoms with Crippen molar-refractivity contribution < 1.29 is 0 Å². The monoisotopic (exact) mass is 514 g/mol. The Hall–Kier alpha value is -0.190. The maximum Gasteiger partial charge on any atom is 0.191 e. The van der Waals surface area contributed by atoms with Gasteiger partial charge in [-0.2, -0.15) is 0 Å². The van der Waals surface area contributed by atoms with E-state index in [1.165, 1.54) is 9.75 Å². The molecule has 0 spiro atoms. The van der Waals surface area contributed by atoms with Crippen LogP contribution in [-0.4, -0.2) is 17.5 Å². The average molecular weight is 515 g/mol. The fraction of sp³-hybridized carbons (Fsp3) is 0.429. The van der Waals surface area contributed by atoms with Crippen LogP contribution in [0.4, 0.5) is 0 Å². The van der Waals surface area contributed by atoms with Crippen LogP contribution in [0.15, 0.2) is 20.9 Å². The van der Waals surface area contributed by atoms with E-state index >= 15 is 0 Å². The molecule has 0 saturated heterocycles. The molecule has 0 saturated carbocycles. The summed E-state index contributed by atoms with van der Waals surface area (Å²) in [7, 11) is 0. The molecule has 0 amide bonds. The second kappa shape index (κ2) is 9.84. The highest BCUT2D eigenvalue weighted by Crippen LogP contribution is 2.20. The molecule has 0 fully saturated rings. The van der Waals surface area contributed by atoms with Gasteiger partial charge in [0.05, 0.1) is 18.8 Å². The van der Waals surface area contributed by atoms with Gasteiger partial charge in [0.1, 0.15) is 5.01 Å². The van der Waals surface area contributed by atoms with Gasteiger partial charge in [0.2, 0.25) is 0 Å². The van der Waals surface area contributed by atoms with Crippen LogP contribution in [-0.2, 0) is 13.1 Å². The summed E-state index contributed by atoms with van der Waals surface area (Å²) in [6.45, 7) is 8.45. The Balaban J connectivity index is 0.00000242. The molecule has 0 aliphatic rings. The Morgan fingerprint density at radius 2 is 2.14 bits per heavy atom. The minimum atomic E-state index is 0. The maximum atomic E-state index is 4.60. The number of rotatable bonds is 5. The van der Waals surface area contributed by atoms with Gasteiger partial charge >= 0.3 is 0 Å². The minimum Gasteiger partial charge on any atom is -0.357 e. The molecule has 22 heavy (non-hydrogen) atoms. The summed E-state index contributed by atoms with van der Waals surface area (Å²) < 4.78 is 1.12. The number of aliphatic imine (C=N–C) groups is 1. The summed E-state index contributed by atoms with van der Waals surface area (Å²) >= 11 is 6.91. The Kier molecular flexibility index (Phi) is 8.88. The zero-order valence-electron chi connectivity index (χ0n) is 12.8. The number of guanidine groups is 1. The first-order valence-electron chi connectivity index (χ1n) is 6.76. The highest BCUT2D eigenvalue weighted by atomic mass is 127. The third-order valence-corrected chi connectivity index (χ3v) is 5.59. The summed E-state index contributed by atoms with van der Waals surface area (Å²) in [6.07, 6.45) is 0. The van der Waals surface area contributed by atoms with Crippen LogP contribution in [0.1, 0.15) is 27.4 Å². The molecule has 2 aromatic heterocycles. The summed E-state index contributed by atoms with van der Waals surface area (Å²) in [5.41, 5.74) is 1.11. The van der Waals surface area contributed by atoms with Crippen LogP contribution >= 0.6 is 62.6 Å². The van der Waals surface area contributed by atoms with Crippen molar-refractivity contribution in [1.29, 1.82) is 0 Å². The normalized spacial score (nSPS) is 11.2. The second-order valence-corrected chi connectivity index (χ2v) is 7.73. The van der Waals surface area contributed by atoms with Crippen molar-refractivity contribution in [2.24, 2.45) is 4.99 Å². The molecular weight excluding hydrogens is 495 g/mol. The molecule has 122 valence electrons. The van der Waals surface area contributed by atoms with Crippen molar-refractivity contribution in [1.82, 2.24) is 15.6 Å². The van der Waals surface area contributed by atoms with E-state index in [0.717, 1.165) is 27.7 Å². The van der Waals surface area contributed by atoms with Gasteiger partial charge in [0.25, 0.3) is 0 Å². The predicted molar refractivity (Wildman–Crippen MR) is 111 cm³/mol. The molecule has 0 aromatic carbocycles. The van der Waals surface area contributed by atoms with Crippen LogP contribution in [0.3, 0.4) is 0 Å². The van der Waals surface area contributed by atoms with Gasteiger partial charge in [-0.25, -0.2) is 9.98 Å². The fourth-order valence-electron chi connectivity index (χ4n) is 1.71. The van der Waals surface area contributed by atoms with E-state index < -0.39 is 0 Å². The fourth-order valence-corrected chi connectivity index (χ4v) is 3.96. The number of aromatic nitrogens is 1. The molecule has 2 N–H and O–H groups in total. The molecule has 4 nitrogen and oxygen atoms in total. The van der Waals surface area contributed by atoms with Crippen molar-refractivity contribution in [3.8, 4) is 0 Å². The summed E-state index contributed by atoms with van der Waals surface area (Å²) in [5.74, 6) is 0.826. The van der Waals surface area contributed by atoms with Gasteiger partial charge in [-0.1, -0.05) is 0 Å². The van der Waals surface area contributed by atoms with Crippen LogP contribution in [0.2, 0.25) is 0 Å². The van der Waals surface area contributed by atoms with Crippen molar-refractivity contribution in [2.45, 2.75) is 33.9 Å². The number of thiazole rings is 1. The SMILES string of the molecule is CCNC(=NCc1cc(Br)cs1)NCc1nc(C)c(C)s1.I. The van der Waals surface area contributed by atoms with Crippen LogP contribution < -0.4 is 10.6 Å². The Labute approximate surface area is 165 Å². The Morgan fingerprint density at radius 3 is 2.68 bits per heavy atom. The minimum absolute atomic E-state index is 0. The van der Waals surface area contributed by atoms with Gasteiger partial charge < -0.3 is 10.6 Å². The number of nitrogens with zero attached hydrogens (tertiary/aromatic N) is 2. The molecule has 0 atom stereocenters. The summed E-state index contributed by atoms with van der Waals surface area (Å²) in [5, 5.41) is 9.76. The smallest absolute Gasteiger partial charge is 0.191 e. The molecule has 2 rings (SSSR count). The van der Waals surface area contributed by atoms with Gasteiger partial charge in [0.15, 0.2) is 5.96 Å². The number of thiophene rings is 1. The van der Waals surface area contributed by atoms with Crippen molar-refractivity contribution >= 4 is 68.5 Å². The van der Waals surface area contributed by atoms with E-state index in [4.69, 9.17) is 0 Å². The maximum absolute atomic E-state index is 4.60. The molecule has 8 heteroatoms. The molecule has 2 heterocycles. The number of hydrogen-bond donors (Lipinski definition) is 2. The zero-order valence-corrected chi connectivity index (χ0v) is 18.3. The van der Waals surface area contributed by atoms with Gasteiger partial charge in [-0.15, -0.1) is 46.7 Å². The summed E-state index contributed by atoms with van der Waals surface area (Å²) in [6, 6.07) is 2.10. The highest BCUT2D eigenvalue weighted by molar-refractivity contribution is 14.0. The van der Waals surface area contributed by atoms with Gasteiger partial charge in [-0.3, -0.25) is 0 Å². The standard InChI is InChI=1S/C14H19BrN4S2.HI/c1-4-16-14(17-6-12-5-11(15)8-20-12)18-7-13-19-9(2)10(3)21-13;/h5,8H,4,6-7H2,1-3H3,(H2,16,17,18);1H. The first-order chi connectivity index (χ1) is 10.1. The molecule has 0 bridgehead atoms. The van der Waals surface area contributed by atoms with Gasteiger partial charge in [0, 0.05) is 26.2 Å². The van der Waals surface area contributed by atoms with Crippen LogP contribution in [0.5, 0.6) is 0 Å². The lowest BCUT2D eigenvalue weighted by Crippen LogP contribution is -2.36. The quantitative estimate of drug-likeness (QED) is 0.352. The Bertz CT molecular complexity index is 605. The van der Waals surface area contributed by atoms with Crippen LogP contribution in [0.25, 0.3) is 0 Å². The molecule has 0 radical (unpaired) electrons. The van der Waals surface area contributed by atoms with E-state index in [1.54, 1.807) is 22.7 Å². The molecule has 2 aromatic rings. The lowest BCUT2D eigenvalue weighted by molar-refractivity contribution is 0.811. The first kappa shape index (κ1) is 19.9. The zero-order chi connectivity index (χ0) is 15.2. The van der Waals surface area contributed by atoms with Crippen molar-refractivity contribution in [2.75, 3.05) is 6.54 Å². The number of aryl methyl sites for hydroxylation is 2. The van der Waals surface area contributed by atoms with E-state index in [0.29, 0.717) is 13.1 Å². The largest absolute Gasteiger partial charge is 0.357 e. The Morgan fingerprint density at radius 1 is 1.36 bits per heavy atom. The molecular formula is C14H20BrIN4S2. The number of hydrogen-bond acceptors (Lipinski definition) is 4. The van der Waals surface area contributed by atoms with Crippen molar-refractivity contribution in [3.63, 3.8) is 0 Å². The third-order valence-electron chi connectivity index (χ3n) is 2.84. The molecule has 0 aliphatic heterocycles. The second-order valence-electron chi connectivity index (χ2n) is 4.53. The van der Waals surface area contributed by atoms with E-state index in [2.05, 4.69) is 61.8 Å². The molecule has 0 aliphatic carbocycles. The first-order valence-corrected chi connectivity index (χ1v) is 9.25. The average Bonchev–Trinajstić information content (AvgIpc) is 3.00. The topological polar surface area (TPSA) is 49.3 Å². The van der Waals surface area contributed by atoms with Crippen molar-refractivity contribution in [3.05, 3.63) is 36.4 Å². The lowest BCUT2D eigenvalue weighted by Gasteiger charge is -2.09. The number of halogens is 2. The summed E-state index contributed by atoms with van der Waals surface area (Å²) in [4.78, 5) is 11.6. The highest BCUT2D eigenvalue weighted by Gasteiger charge is 2.05. The lowest BCUT2D eigenvalue weighted by atomic mass is 10.4. The van der Waals surface area contributed by atoms with Gasteiger partial charge in [-0.05, 0) is 42.8 Å². The third kappa shape index (κ3) is 6.13. The van der Waals surface area contributed by atoms with E-state index in [1.807, 2.05) is 6.92 Å². The molecule has 0 unspecified atom stereocenters. The van der Waals surface area contributed by atoms with Crippen LogP contribution in [0, 0.1) is 13.8 Å². The number of nitrogens with one attached hydrogen (secondary N) is 2. The van der Waals surface area contributed by atoms with E-state index in [9.17, 15) is 0 Å².